The molecule has 0 aliphatic heterocycles. The molecule has 2 N–H and O–H groups in total. The Kier molecular flexibility index (Phi) is 3.16. The minimum atomic E-state index is 0.690. The third-order valence-corrected chi connectivity index (χ3v) is 4.48. The average Bonchev–Trinajstić information content (AvgIpc) is 2.96. The Morgan fingerprint density at radius 2 is 1.89 bits per heavy atom. The highest BCUT2D eigenvalue weighted by Crippen LogP contribution is 2.33. The van der Waals surface area contributed by atoms with Gasteiger partial charge in [-0.05, 0) is 47.1 Å². The van der Waals surface area contributed by atoms with Crippen molar-refractivity contribution in [2.75, 3.05) is 5.73 Å². The Morgan fingerprint density at radius 3 is 2.53 bits per heavy atom. The van der Waals surface area contributed by atoms with Gasteiger partial charge in [0.15, 0.2) is 0 Å². The second-order valence-electron chi connectivity index (χ2n) is 4.32. The molecule has 5 heteroatoms. The molecule has 0 saturated carbocycles. The summed E-state index contributed by atoms with van der Waals surface area (Å²) < 4.78 is 2.89. The van der Waals surface area contributed by atoms with Crippen LogP contribution in [-0.2, 0) is 0 Å². The number of aromatic nitrogens is 2. The molecule has 19 heavy (non-hydrogen) atoms. The maximum Gasteiger partial charge on any atom is 0.126 e. The summed E-state index contributed by atoms with van der Waals surface area (Å²) in [6.07, 6.45) is 1.85. The SMILES string of the molecule is Cc1ccc(-n2cc(N)c(-c3ccc(Br)s3)n2)cc1. The second kappa shape index (κ2) is 4.83. The number of halogens is 1. The fourth-order valence-electron chi connectivity index (χ4n) is 1.85. The predicted molar refractivity (Wildman–Crippen MR) is 83.7 cm³/mol. The molecule has 3 aromatic rings. The molecular weight excluding hydrogens is 322 g/mol. The van der Waals surface area contributed by atoms with Crippen molar-refractivity contribution >= 4 is 33.0 Å². The maximum absolute atomic E-state index is 6.06. The third kappa shape index (κ3) is 2.43. The van der Waals surface area contributed by atoms with Gasteiger partial charge in [0.2, 0.25) is 0 Å². The molecular formula is C14H12BrN3S. The summed E-state index contributed by atoms with van der Waals surface area (Å²) in [5.41, 5.74) is 9.82. The van der Waals surface area contributed by atoms with E-state index in [0.717, 1.165) is 20.0 Å². The number of nitrogens with zero attached hydrogens (tertiary/aromatic N) is 2. The van der Waals surface area contributed by atoms with Crippen LogP contribution in [0.1, 0.15) is 5.56 Å². The highest BCUT2D eigenvalue weighted by Gasteiger charge is 2.11. The quantitative estimate of drug-likeness (QED) is 0.761. The molecule has 0 spiro atoms. The average molecular weight is 334 g/mol. The van der Waals surface area contributed by atoms with Gasteiger partial charge in [-0.2, -0.15) is 5.10 Å². The van der Waals surface area contributed by atoms with Crippen molar-refractivity contribution in [2.45, 2.75) is 6.92 Å². The highest BCUT2D eigenvalue weighted by atomic mass is 79.9. The van der Waals surface area contributed by atoms with Gasteiger partial charge in [0.1, 0.15) is 5.69 Å². The lowest BCUT2D eigenvalue weighted by Crippen LogP contribution is -1.94. The molecule has 0 aliphatic carbocycles. The Hall–Kier alpha value is -1.59. The van der Waals surface area contributed by atoms with Gasteiger partial charge in [-0.15, -0.1) is 11.3 Å². The Balaban J connectivity index is 2.04. The zero-order valence-electron chi connectivity index (χ0n) is 10.3. The molecule has 0 amide bonds. The van der Waals surface area contributed by atoms with E-state index < -0.39 is 0 Å². The molecule has 0 unspecified atom stereocenters. The summed E-state index contributed by atoms with van der Waals surface area (Å²) in [7, 11) is 0. The lowest BCUT2D eigenvalue weighted by atomic mass is 10.2. The van der Waals surface area contributed by atoms with Gasteiger partial charge < -0.3 is 5.73 Å². The standard InChI is InChI=1S/C14H12BrN3S/c1-9-2-4-10(5-3-9)18-8-11(16)14(17-18)12-6-7-13(15)19-12/h2-8H,16H2,1H3. The van der Waals surface area contributed by atoms with Crippen LogP contribution in [0.3, 0.4) is 0 Å². The van der Waals surface area contributed by atoms with Crippen LogP contribution in [0.15, 0.2) is 46.4 Å². The van der Waals surface area contributed by atoms with Gasteiger partial charge >= 0.3 is 0 Å². The van der Waals surface area contributed by atoms with E-state index >= 15 is 0 Å². The van der Waals surface area contributed by atoms with Crippen molar-refractivity contribution in [3.8, 4) is 16.3 Å². The van der Waals surface area contributed by atoms with Gasteiger partial charge in [-0.1, -0.05) is 17.7 Å². The minimum Gasteiger partial charge on any atom is -0.396 e. The monoisotopic (exact) mass is 333 g/mol. The Morgan fingerprint density at radius 1 is 1.16 bits per heavy atom. The van der Waals surface area contributed by atoms with Crippen molar-refractivity contribution in [3.63, 3.8) is 0 Å². The van der Waals surface area contributed by atoms with Crippen molar-refractivity contribution in [2.24, 2.45) is 0 Å². The summed E-state index contributed by atoms with van der Waals surface area (Å²) in [5, 5.41) is 4.57. The number of rotatable bonds is 2. The number of aryl methyl sites for hydroxylation is 1. The summed E-state index contributed by atoms with van der Waals surface area (Å²) in [6, 6.07) is 12.2. The van der Waals surface area contributed by atoms with E-state index in [0.29, 0.717) is 5.69 Å². The second-order valence-corrected chi connectivity index (χ2v) is 6.78. The van der Waals surface area contributed by atoms with Crippen LogP contribution in [0.25, 0.3) is 16.3 Å². The molecule has 0 radical (unpaired) electrons. The fourth-order valence-corrected chi connectivity index (χ4v) is 3.24. The van der Waals surface area contributed by atoms with Crippen LogP contribution in [-0.4, -0.2) is 9.78 Å². The number of hydrogen-bond acceptors (Lipinski definition) is 3. The molecule has 0 bridgehead atoms. The van der Waals surface area contributed by atoms with Crippen LogP contribution >= 0.6 is 27.3 Å². The first-order chi connectivity index (χ1) is 9.13. The lowest BCUT2D eigenvalue weighted by molar-refractivity contribution is 0.885. The minimum absolute atomic E-state index is 0.690. The van der Waals surface area contributed by atoms with Crippen LogP contribution in [0.4, 0.5) is 5.69 Å². The molecule has 0 atom stereocenters. The van der Waals surface area contributed by atoms with Crippen molar-refractivity contribution in [3.05, 3.63) is 51.9 Å². The third-order valence-electron chi connectivity index (χ3n) is 2.85. The van der Waals surface area contributed by atoms with E-state index in [9.17, 15) is 0 Å². The Labute approximate surface area is 123 Å². The van der Waals surface area contributed by atoms with E-state index in [1.165, 1.54) is 5.56 Å². The maximum atomic E-state index is 6.06. The first-order valence-corrected chi connectivity index (χ1v) is 7.42. The summed E-state index contributed by atoms with van der Waals surface area (Å²) >= 11 is 5.08. The zero-order valence-corrected chi connectivity index (χ0v) is 12.7. The van der Waals surface area contributed by atoms with Gasteiger partial charge in [-0.3, -0.25) is 0 Å². The van der Waals surface area contributed by atoms with Crippen LogP contribution < -0.4 is 5.73 Å². The number of nitrogens with two attached hydrogens (primary N) is 1. The largest absolute Gasteiger partial charge is 0.396 e. The van der Waals surface area contributed by atoms with Crippen LogP contribution in [0.5, 0.6) is 0 Å². The molecule has 0 saturated heterocycles. The van der Waals surface area contributed by atoms with E-state index in [1.807, 2.05) is 35.1 Å². The van der Waals surface area contributed by atoms with Crippen molar-refractivity contribution in [1.29, 1.82) is 0 Å². The van der Waals surface area contributed by atoms with E-state index in [-0.39, 0.29) is 0 Å². The molecule has 1 aromatic carbocycles. The first kappa shape index (κ1) is 12.4. The van der Waals surface area contributed by atoms with Gasteiger partial charge in [-0.25, -0.2) is 4.68 Å². The summed E-state index contributed by atoms with van der Waals surface area (Å²) in [4.78, 5) is 1.07. The number of anilines is 1. The molecule has 0 fully saturated rings. The molecule has 96 valence electrons. The number of nitrogen functional groups attached to an aromatic ring is 1. The van der Waals surface area contributed by atoms with Gasteiger partial charge in [0.25, 0.3) is 0 Å². The molecule has 2 heterocycles. The van der Waals surface area contributed by atoms with Gasteiger partial charge in [0, 0.05) is 0 Å². The van der Waals surface area contributed by atoms with Crippen molar-refractivity contribution < 1.29 is 0 Å². The highest BCUT2D eigenvalue weighted by molar-refractivity contribution is 9.11. The lowest BCUT2D eigenvalue weighted by Gasteiger charge is -2.00. The Bertz CT molecular complexity index is 713. The summed E-state index contributed by atoms with van der Waals surface area (Å²) in [6.45, 7) is 2.07. The predicted octanol–water partition coefficient (Wildman–Crippen LogP) is 4.25. The number of benzene rings is 1. The fraction of sp³-hybridized carbons (Fsp3) is 0.0714. The number of hydrogen-bond donors (Lipinski definition) is 1. The zero-order chi connectivity index (χ0) is 13.4. The van der Waals surface area contributed by atoms with Crippen LogP contribution in [0, 0.1) is 6.92 Å². The first-order valence-electron chi connectivity index (χ1n) is 5.81. The van der Waals surface area contributed by atoms with Crippen LogP contribution in [0.2, 0.25) is 0 Å². The van der Waals surface area contributed by atoms with E-state index in [2.05, 4.69) is 40.1 Å². The normalized spacial score (nSPS) is 10.8. The molecule has 0 aliphatic rings. The molecule has 2 aromatic heterocycles. The topological polar surface area (TPSA) is 43.8 Å². The summed E-state index contributed by atoms with van der Waals surface area (Å²) in [5.74, 6) is 0. The molecule has 3 rings (SSSR count). The van der Waals surface area contributed by atoms with Gasteiger partial charge in [0.05, 0.1) is 26.2 Å². The van der Waals surface area contributed by atoms with E-state index in [1.54, 1.807) is 11.3 Å². The number of thiophene rings is 1. The van der Waals surface area contributed by atoms with Crippen molar-refractivity contribution in [1.82, 2.24) is 9.78 Å². The smallest absolute Gasteiger partial charge is 0.126 e. The van der Waals surface area contributed by atoms with E-state index in [4.69, 9.17) is 5.73 Å². The molecule has 3 nitrogen and oxygen atoms in total.